The molecule has 0 bridgehead atoms. The van der Waals surface area contributed by atoms with Crippen LogP contribution in [0.3, 0.4) is 0 Å². The summed E-state index contributed by atoms with van der Waals surface area (Å²) in [6.07, 6.45) is 7.03. The van der Waals surface area contributed by atoms with Crippen LogP contribution in [0.2, 0.25) is 0 Å². The van der Waals surface area contributed by atoms with Gasteiger partial charge in [-0.15, -0.1) is 0 Å². The van der Waals surface area contributed by atoms with Gasteiger partial charge >= 0.3 is 0 Å². The Kier molecular flexibility index (Phi) is 3.57. The highest BCUT2D eigenvalue weighted by atomic mass is 16.3. The van der Waals surface area contributed by atoms with Crippen LogP contribution < -0.4 is 5.32 Å². The topological polar surface area (TPSA) is 93.7 Å². The van der Waals surface area contributed by atoms with Gasteiger partial charge in [-0.1, -0.05) is 12.1 Å². The fourth-order valence-electron chi connectivity index (χ4n) is 2.66. The summed E-state index contributed by atoms with van der Waals surface area (Å²) in [7, 11) is 1.85. The lowest BCUT2D eigenvalue weighted by Gasteiger charge is -2.08. The largest absolute Gasteiger partial charge is 0.508 e. The molecular weight excluding hydrogens is 318 g/mol. The number of nitrogens with one attached hydrogen (secondary N) is 1. The Bertz CT molecular complexity index is 1050. The zero-order valence-electron chi connectivity index (χ0n) is 13.9. The summed E-state index contributed by atoms with van der Waals surface area (Å²) in [6, 6.07) is 5.48. The summed E-state index contributed by atoms with van der Waals surface area (Å²) < 4.78 is 3.50. The number of aromatic hydroxyl groups is 1. The van der Waals surface area contributed by atoms with E-state index >= 15 is 0 Å². The predicted molar refractivity (Wildman–Crippen MR) is 93.8 cm³/mol. The molecule has 1 aromatic carbocycles. The van der Waals surface area contributed by atoms with Gasteiger partial charge in [-0.2, -0.15) is 15.2 Å². The fraction of sp³-hybridized carbons (Fsp3) is 0.176. The van der Waals surface area contributed by atoms with Crippen molar-refractivity contribution in [3.63, 3.8) is 0 Å². The number of phenols is 1. The SMILES string of the molecule is Cc1c(O)cccc1Cn1ncc2cnc(Nc3cnn(C)c3)nc21. The number of benzene rings is 1. The third-order valence-corrected chi connectivity index (χ3v) is 4.08. The van der Waals surface area contributed by atoms with Crippen LogP contribution in [0.25, 0.3) is 11.0 Å². The molecule has 0 fully saturated rings. The molecule has 2 N–H and O–H groups in total. The van der Waals surface area contributed by atoms with Gasteiger partial charge in [-0.25, -0.2) is 9.67 Å². The van der Waals surface area contributed by atoms with E-state index in [0.29, 0.717) is 12.5 Å². The monoisotopic (exact) mass is 335 g/mol. The van der Waals surface area contributed by atoms with Gasteiger partial charge in [0.15, 0.2) is 5.65 Å². The van der Waals surface area contributed by atoms with Crippen molar-refractivity contribution in [3.05, 3.63) is 54.1 Å². The van der Waals surface area contributed by atoms with Crippen LogP contribution >= 0.6 is 0 Å². The van der Waals surface area contributed by atoms with Crippen LogP contribution in [0, 0.1) is 6.92 Å². The number of rotatable bonds is 4. The van der Waals surface area contributed by atoms with Crippen molar-refractivity contribution in [1.82, 2.24) is 29.5 Å². The Labute approximate surface area is 143 Å². The summed E-state index contributed by atoms with van der Waals surface area (Å²) in [5, 5.41) is 22.4. The van der Waals surface area contributed by atoms with E-state index in [-0.39, 0.29) is 5.75 Å². The minimum absolute atomic E-state index is 0.280. The van der Waals surface area contributed by atoms with Gasteiger partial charge in [0, 0.05) is 19.4 Å². The average molecular weight is 335 g/mol. The maximum absolute atomic E-state index is 9.88. The van der Waals surface area contributed by atoms with Gasteiger partial charge in [-0.05, 0) is 24.1 Å². The van der Waals surface area contributed by atoms with E-state index in [1.54, 1.807) is 34.0 Å². The second kappa shape index (κ2) is 5.90. The summed E-state index contributed by atoms with van der Waals surface area (Å²) in [5.74, 6) is 0.761. The highest BCUT2D eigenvalue weighted by molar-refractivity contribution is 5.75. The molecule has 8 heteroatoms. The minimum Gasteiger partial charge on any atom is -0.508 e. The van der Waals surface area contributed by atoms with Crippen molar-refractivity contribution in [2.24, 2.45) is 7.05 Å². The lowest BCUT2D eigenvalue weighted by Crippen LogP contribution is -2.05. The van der Waals surface area contributed by atoms with E-state index in [1.165, 1.54) is 0 Å². The molecule has 4 aromatic rings. The van der Waals surface area contributed by atoms with Crippen LogP contribution in [0.5, 0.6) is 5.75 Å². The maximum atomic E-state index is 9.88. The molecule has 0 aliphatic carbocycles. The van der Waals surface area contributed by atoms with E-state index in [1.807, 2.05) is 32.3 Å². The number of aryl methyl sites for hydroxylation is 1. The molecule has 126 valence electrons. The molecular formula is C17H17N7O. The highest BCUT2D eigenvalue weighted by Gasteiger charge is 2.10. The quantitative estimate of drug-likeness (QED) is 0.595. The number of hydrogen-bond acceptors (Lipinski definition) is 6. The fourth-order valence-corrected chi connectivity index (χ4v) is 2.66. The molecule has 0 radical (unpaired) electrons. The molecule has 4 rings (SSSR count). The molecule has 0 spiro atoms. The normalized spacial score (nSPS) is 11.1. The lowest BCUT2D eigenvalue weighted by atomic mass is 10.1. The molecule has 25 heavy (non-hydrogen) atoms. The van der Waals surface area contributed by atoms with Gasteiger partial charge in [0.25, 0.3) is 0 Å². The molecule has 0 saturated heterocycles. The predicted octanol–water partition coefficient (Wildman–Crippen LogP) is 2.37. The van der Waals surface area contributed by atoms with Crippen LogP contribution in [0.4, 0.5) is 11.6 Å². The van der Waals surface area contributed by atoms with Crippen LogP contribution in [-0.4, -0.2) is 34.6 Å². The molecule has 0 atom stereocenters. The van der Waals surface area contributed by atoms with Gasteiger partial charge in [0.05, 0.1) is 30.0 Å². The van der Waals surface area contributed by atoms with Crippen molar-refractivity contribution < 1.29 is 5.11 Å². The van der Waals surface area contributed by atoms with E-state index in [9.17, 15) is 5.11 Å². The van der Waals surface area contributed by atoms with Gasteiger partial charge in [0.2, 0.25) is 5.95 Å². The second-order valence-corrected chi connectivity index (χ2v) is 5.86. The molecule has 0 amide bonds. The minimum atomic E-state index is 0.280. The lowest BCUT2D eigenvalue weighted by molar-refractivity contribution is 0.469. The van der Waals surface area contributed by atoms with Gasteiger partial charge in [0.1, 0.15) is 5.75 Å². The first kappa shape index (κ1) is 15.1. The van der Waals surface area contributed by atoms with E-state index in [2.05, 4.69) is 25.5 Å². The highest BCUT2D eigenvalue weighted by Crippen LogP contribution is 2.22. The van der Waals surface area contributed by atoms with Crippen molar-refractivity contribution in [2.45, 2.75) is 13.5 Å². The Morgan fingerprint density at radius 2 is 2.04 bits per heavy atom. The molecule has 0 aliphatic rings. The summed E-state index contributed by atoms with van der Waals surface area (Å²) in [4.78, 5) is 8.88. The summed E-state index contributed by atoms with van der Waals surface area (Å²) >= 11 is 0. The Morgan fingerprint density at radius 1 is 1.16 bits per heavy atom. The van der Waals surface area contributed by atoms with Crippen molar-refractivity contribution in [1.29, 1.82) is 0 Å². The maximum Gasteiger partial charge on any atom is 0.229 e. The smallest absolute Gasteiger partial charge is 0.229 e. The molecule has 0 saturated carbocycles. The zero-order valence-corrected chi connectivity index (χ0v) is 13.9. The van der Waals surface area contributed by atoms with Gasteiger partial charge in [-0.3, -0.25) is 4.68 Å². The van der Waals surface area contributed by atoms with E-state index in [4.69, 9.17) is 0 Å². The average Bonchev–Trinajstić information content (AvgIpc) is 3.18. The van der Waals surface area contributed by atoms with E-state index < -0.39 is 0 Å². The van der Waals surface area contributed by atoms with Gasteiger partial charge < -0.3 is 10.4 Å². The van der Waals surface area contributed by atoms with E-state index in [0.717, 1.165) is 27.8 Å². The number of fused-ring (bicyclic) bond motifs is 1. The first-order valence-corrected chi connectivity index (χ1v) is 7.82. The summed E-state index contributed by atoms with van der Waals surface area (Å²) in [5.41, 5.74) is 3.38. The molecule has 0 aliphatic heterocycles. The third kappa shape index (κ3) is 2.89. The van der Waals surface area contributed by atoms with Crippen molar-refractivity contribution in [3.8, 4) is 5.75 Å². The number of hydrogen-bond donors (Lipinski definition) is 2. The van der Waals surface area contributed by atoms with Crippen molar-refractivity contribution >= 4 is 22.7 Å². The third-order valence-electron chi connectivity index (χ3n) is 4.08. The number of anilines is 2. The first-order valence-electron chi connectivity index (χ1n) is 7.82. The van der Waals surface area contributed by atoms with Crippen molar-refractivity contribution in [2.75, 3.05) is 5.32 Å². The molecule has 8 nitrogen and oxygen atoms in total. The molecule has 3 aromatic heterocycles. The number of nitrogens with zero attached hydrogens (tertiary/aromatic N) is 6. The van der Waals surface area contributed by atoms with Crippen LogP contribution in [0.1, 0.15) is 11.1 Å². The Morgan fingerprint density at radius 3 is 2.84 bits per heavy atom. The summed E-state index contributed by atoms with van der Waals surface area (Å²) in [6.45, 7) is 2.41. The zero-order chi connectivity index (χ0) is 17.4. The standard InChI is InChI=1S/C17H17N7O/c1-11-12(4-3-5-15(11)25)9-24-16-13(7-20-24)6-18-17(22-16)21-14-8-19-23(2)10-14/h3-8,10,25H,9H2,1-2H3,(H,18,21,22). The Balaban J connectivity index is 1.67. The Hall–Kier alpha value is -3.42. The van der Waals surface area contributed by atoms with Crippen LogP contribution in [-0.2, 0) is 13.6 Å². The number of phenolic OH excluding ortho intramolecular Hbond substituents is 1. The first-order chi connectivity index (χ1) is 12.1. The number of aromatic nitrogens is 6. The second-order valence-electron chi connectivity index (χ2n) is 5.86. The molecule has 0 unspecified atom stereocenters. The van der Waals surface area contributed by atoms with Crippen LogP contribution in [0.15, 0.2) is 43.0 Å². The molecule has 3 heterocycles.